The Hall–Kier alpha value is -0.880. The topological polar surface area (TPSA) is 86.3 Å². The highest BCUT2D eigenvalue weighted by Crippen LogP contribution is 2.13. The van der Waals surface area contributed by atoms with Crippen LogP contribution in [0.4, 0.5) is 0 Å². The van der Waals surface area contributed by atoms with Crippen molar-refractivity contribution in [3.63, 3.8) is 0 Å². The molecule has 0 aliphatic rings. The van der Waals surface area contributed by atoms with E-state index >= 15 is 0 Å². The number of amides is 1. The Morgan fingerprint density at radius 2 is 1.09 bits per heavy atom. The largest absolute Gasteiger partial charge is 0.748 e. The van der Waals surface area contributed by atoms with Crippen molar-refractivity contribution in [2.75, 3.05) is 12.3 Å². The monoisotopic (exact) mass is 472 g/mol. The molecular formula is C26H50NO4S-. The van der Waals surface area contributed by atoms with Crippen molar-refractivity contribution in [3.8, 4) is 0 Å². The van der Waals surface area contributed by atoms with Gasteiger partial charge in [0, 0.05) is 13.0 Å². The van der Waals surface area contributed by atoms with E-state index in [9.17, 15) is 17.8 Å². The predicted molar refractivity (Wildman–Crippen MR) is 135 cm³/mol. The van der Waals surface area contributed by atoms with Crippen molar-refractivity contribution in [3.05, 3.63) is 12.2 Å². The third-order valence-corrected chi connectivity index (χ3v) is 6.54. The summed E-state index contributed by atoms with van der Waals surface area (Å²) in [6.07, 6.45) is 29.5. The van der Waals surface area contributed by atoms with E-state index in [4.69, 9.17) is 0 Å². The molecule has 0 aromatic heterocycles. The summed E-state index contributed by atoms with van der Waals surface area (Å²) in [6, 6.07) is 0. The third-order valence-electron chi connectivity index (χ3n) is 5.84. The molecule has 0 bridgehead atoms. The van der Waals surface area contributed by atoms with Crippen LogP contribution in [-0.4, -0.2) is 31.2 Å². The van der Waals surface area contributed by atoms with Crippen LogP contribution in [0.2, 0.25) is 0 Å². The smallest absolute Gasteiger partial charge is 0.220 e. The van der Waals surface area contributed by atoms with Gasteiger partial charge in [0.15, 0.2) is 0 Å². The first-order valence-electron chi connectivity index (χ1n) is 13.3. The number of nitrogens with one attached hydrogen (secondary N) is 1. The van der Waals surface area contributed by atoms with Crippen LogP contribution in [0.5, 0.6) is 0 Å². The van der Waals surface area contributed by atoms with Gasteiger partial charge in [-0.2, -0.15) is 0 Å². The summed E-state index contributed by atoms with van der Waals surface area (Å²) < 4.78 is 31.4. The van der Waals surface area contributed by atoms with E-state index < -0.39 is 15.9 Å². The zero-order valence-electron chi connectivity index (χ0n) is 20.8. The Morgan fingerprint density at radius 3 is 1.53 bits per heavy atom. The Bertz CT molecular complexity index is 546. The summed E-state index contributed by atoms with van der Waals surface area (Å²) in [5.41, 5.74) is 0. The van der Waals surface area contributed by atoms with Crippen LogP contribution in [0, 0.1) is 0 Å². The van der Waals surface area contributed by atoms with Gasteiger partial charge in [-0.3, -0.25) is 4.79 Å². The van der Waals surface area contributed by atoms with Crippen LogP contribution in [0.15, 0.2) is 12.2 Å². The lowest BCUT2D eigenvalue weighted by molar-refractivity contribution is -0.121. The van der Waals surface area contributed by atoms with Crippen molar-refractivity contribution >= 4 is 16.0 Å². The van der Waals surface area contributed by atoms with Gasteiger partial charge in [-0.25, -0.2) is 8.42 Å². The molecule has 0 spiro atoms. The van der Waals surface area contributed by atoms with Gasteiger partial charge in [0.25, 0.3) is 0 Å². The number of carbonyl (C=O) groups excluding carboxylic acids is 1. The summed E-state index contributed by atoms with van der Waals surface area (Å²) >= 11 is 0. The number of carbonyl (C=O) groups is 1. The Labute approximate surface area is 199 Å². The Balaban J connectivity index is 3.20. The molecule has 190 valence electrons. The molecule has 5 nitrogen and oxygen atoms in total. The number of allylic oxidation sites excluding steroid dienone is 2. The average Bonchev–Trinajstić information content (AvgIpc) is 2.74. The molecule has 0 saturated heterocycles. The van der Waals surface area contributed by atoms with E-state index in [2.05, 4.69) is 24.4 Å². The highest BCUT2D eigenvalue weighted by molar-refractivity contribution is 7.85. The van der Waals surface area contributed by atoms with Crippen LogP contribution in [0.3, 0.4) is 0 Å². The molecule has 0 radical (unpaired) electrons. The SMILES string of the molecule is CCCCCCCC/C=C\CCCCCCCCCCCCCC(=O)NCCS(=O)(=O)[O-]. The highest BCUT2D eigenvalue weighted by atomic mass is 32.2. The second-order valence-corrected chi connectivity index (χ2v) is 10.6. The van der Waals surface area contributed by atoms with Gasteiger partial charge < -0.3 is 9.87 Å². The second kappa shape index (κ2) is 23.3. The van der Waals surface area contributed by atoms with Crippen molar-refractivity contribution in [1.82, 2.24) is 5.32 Å². The molecule has 0 heterocycles. The first kappa shape index (κ1) is 31.1. The van der Waals surface area contributed by atoms with Gasteiger partial charge in [-0.05, 0) is 32.1 Å². The summed E-state index contributed by atoms with van der Waals surface area (Å²) in [4.78, 5) is 11.5. The van der Waals surface area contributed by atoms with Gasteiger partial charge in [-0.1, -0.05) is 109 Å². The van der Waals surface area contributed by atoms with E-state index in [1.807, 2.05) is 0 Å². The predicted octanol–water partition coefficient (Wildman–Crippen LogP) is 7.03. The molecule has 0 aliphatic carbocycles. The van der Waals surface area contributed by atoms with Gasteiger partial charge in [-0.15, -0.1) is 0 Å². The van der Waals surface area contributed by atoms with E-state index in [1.165, 1.54) is 103 Å². The minimum absolute atomic E-state index is 0.0827. The average molecular weight is 473 g/mol. The molecular weight excluding hydrogens is 422 g/mol. The molecule has 0 aromatic rings. The van der Waals surface area contributed by atoms with Crippen LogP contribution >= 0.6 is 0 Å². The molecule has 1 amide bonds. The van der Waals surface area contributed by atoms with E-state index in [0.29, 0.717) is 6.42 Å². The fourth-order valence-corrected chi connectivity index (χ4v) is 4.17. The van der Waals surface area contributed by atoms with E-state index in [-0.39, 0.29) is 12.5 Å². The lowest BCUT2D eigenvalue weighted by Crippen LogP contribution is -2.28. The summed E-state index contributed by atoms with van der Waals surface area (Å²) in [5, 5.41) is 2.48. The standard InChI is InChI=1S/C26H51NO4S/c1-2-3-4-5-6-7-8-9-10-11-12-13-14-15-16-17-18-19-20-21-22-23-26(28)27-24-25-32(29,30)31/h9-10H,2-8,11-25H2,1H3,(H,27,28)(H,29,30,31)/p-1/b10-9-. The van der Waals surface area contributed by atoms with E-state index in [1.54, 1.807) is 0 Å². The third kappa shape index (κ3) is 27.2. The zero-order valence-corrected chi connectivity index (χ0v) is 21.6. The summed E-state index contributed by atoms with van der Waals surface area (Å²) in [5.74, 6) is -0.698. The minimum Gasteiger partial charge on any atom is -0.748 e. The van der Waals surface area contributed by atoms with Gasteiger partial charge in [0.1, 0.15) is 0 Å². The molecule has 0 unspecified atom stereocenters. The summed E-state index contributed by atoms with van der Waals surface area (Å²) in [7, 11) is -4.24. The molecule has 0 saturated carbocycles. The number of unbranched alkanes of at least 4 members (excludes halogenated alkanes) is 17. The lowest BCUT2D eigenvalue weighted by atomic mass is 10.0. The molecule has 32 heavy (non-hydrogen) atoms. The maximum atomic E-state index is 11.5. The van der Waals surface area contributed by atoms with Crippen molar-refractivity contribution in [2.45, 2.75) is 135 Å². The molecule has 0 aromatic carbocycles. The molecule has 1 N–H and O–H groups in total. The molecule has 0 aliphatic heterocycles. The van der Waals surface area contributed by atoms with Gasteiger partial charge in [0.05, 0.1) is 15.9 Å². The van der Waals surface area contributed by atoms with Crippen molar-refractivity contribution in [1.29, 1.82) is 0 Å². The first-order chi connectivity index (χ1) is 15.5. The fraction of sp³-hybridized carbons (Fsp3) is 0.885. The Kier molecular flexibility index (Phi) is 22.6. The zero-order chi connectivity index (χ0) is 23.8. The highest BCUT2D eigenvalue weighted by Gasteiger charge is 2.02. The minimum atomic E-state index is -4.24. The maximum absolute atomic E-state index is 11.5. The fourth-order valence-electron chi connectivity index (χ4n) is 3.82. The maximum Gasteiger partial charge on any atom is 0.220 e. The van der Waals surface area contributed by atoms with Crippen LogP contribution < -0.4 is 5.32 Å². The Morgan fingerprint density at radius 1 is 0.688 bits per heavy atom. The van der Waals surface area contributed by atoms with Crippen LogP contribution in [-0.2, 0) is 14.9 Å². The van der Waals surface area contributed by atoms with E-state index in [0.717, 1.165) is 19.3 Å². The lowest BCUT2D eigenvalue weighted by Gasteiger charge is -2.08. The molecule has 0 fully saturated rings. The first-order valence-corrected chi connectivity index (χ1v) is 14.9. The molecule has 6 heteroatoms. The van der Waals surface area contributed by atoms with Crippen molar-refractivity contribution in [2.24, 2.45) is 0 Å². The van der Waals surface area contributed by atoms with Crippen LogP contribution in [0.25, 0.3) is 0 Å². The van der Waals surface area contributed by atoms with Crippen LogP contribution in [0.1, 0.15) is 135 Å². The van der Waals surface area contributed by atoms with Crippen molar-refractivity contribution < 1.29 is 17.8 Å². The summed E-state index contributed by atoms with van der Waals surface area (Å²) in [6.45, 7) is 2.18. The normalized spacial score (nSPS) is 11.9. The van der Waals surface area contributed by atoms with Gasteiger partial charge >= 0.3 is 0 Å². The molecule has 0 rings (SSSR count). The second-order valence-electron chi connectivity index (χ2n) is 9.07. The van der Waals surface area contributed by atoms with Gasteiger partial charge in [0.2, 0.25) is 5.91 Å². The number of hydrogen-bond donors (Lipinski definition) is 1. The quantitative estimate of drug-likeness (QED) is 0.0928. The number of rotatable bonds is 24. The molecule has 0 atom stereocenters. The number of hydrogen-bond acceptors (Lipinski definition) is 4.